The largest absolute Gasteiger partial charge is 0.479 e. The molecule has 0 radical (unpaired) electrons. The van der Waals surface area contributed by atoms with Crippen molar-refractivity contribution in [3.05, 3.63) is 54.1 Å². The van der Waals surface area contributed by atoms with Crippen LogP contribution in [0.3, 0.4) is 0 Å². The van der Waals surface area contributed by atoms with Gasteiger partial charge in [-0.2, -0.15) is 0 Å². The van der Waals surface area contributed by atoms with Crippen LogP contribution < -0.4 is 20.7 Å². The third kappa shape index (κ3) is 3.30. The summed E-state index contributed by atoms with van der Waals surface area (Å²) in [5.74, 6) is -0.847. The molecule has 0 bridgehead atoms. The molecule has 1 aliphatic rings. The summed E-state index contributed by atoms with van der Waals surface area (Å²) in [4.78, 5) is 37.6. The molecule has 7 heteroatoms. The summed E-state index contributed by atoms with van der Waals surface area (Å²) in [6.07, 6.45) is -0.680. The summed E-state index contributed by atoms with van der Waals surface area (Å²) in [5.41, 5.74) is 6.35. The molecular formula is C18H17N3O4. The van der Waals surface area contributed by atoms with Gasteiger partial charge >= 0.3 is 0 Å². The number of nitrogens with zero attached hydrogens (tertiary/aromatic N) is 1. The van der Waals surface area contributed by atoms with E-state index in [0.29, 0.717) is 17.1 Å². The molecule has 0 fully saturated rings. The maximum absolute atomic E-state index is 12.4. The van der Waals surface area contributed by atoms with Crippen LogP contribution in [0.15, 0.2) is 48.5 Å². The van der Waals surface area contributed by atoms with Crippen LogP contribution >= 0.6 is 0 Å². The number of ether oxygens (including phenoxy) is 1. The predicted molar refractivity (Wildman–Crippen MR) is 92.5 cm³/mol. The molecule has 128 valence electrons. The lowest BCUT2D eigenvalue weighted by Gasteiger charge is -2.32. The van der Waals surface area contributed by atoms with E-state index in [1.54, 1.807) is 49.4 Å². The van der Waals surface area contributed by atoms with Gasteiger partial charge < -0.3 is 15.8 Å². The fourth-order valence-corrected chi connectivity index (χ4v) is 2.66. The van der Waals surface area contributed by atoms with Gasteiger partial charge in [0.25, 0.3) is 11.8 Å². The third-order valence-electron chi connectivity index (χ3n) is 3.84. The van der Waals surface area contributed by atoms with Crippen LogP contribution in [0.4, 0.5) is 11.4 Å². The third-order valence-corrected chi connectivity index (χ3v) is 3.84. The Labute approximate surface area is 144 Å². The van der Waals surface area contributed by atoms with E-state index in [1.807, 2.05) is 0 Å². The molecule has 25 heavy (non-hydrogen) atoms. The number of fused-ring (bicyclic) bond motifs is 1. The number of benzene rings is 2. The first-order valence-corrected chi connectivity index (χ1v) is 7.73. The summed E-state index contributed by atoms with van der Waals surface area (Å²) in [6, 6.07) is 13.4. The average Bonchev–Trinajstić information content (AvgIpc) is 2.59. The molecule has 0 aromatic heterocycles. The Morgan fingerprint density at radius 3 is 2.60 bits per heavy atom. The molecule has 7 nitrogen and oxygen atoms in total. The van der Waals surface area contributed by atoms with Gasteiger partial charge in [0.2, 0.25) is 5.91 Å². The minimum atomic E-state index is -0.680. The molecule has 2 aromatic carbocycles. The van der Waals surface area contributed by atoms with E-state index in [9.17, 15) is 14.4 Å². The standard InChI is InChI=1S/C18H17N3O4/c1-11-18(24)21(14-8-4-5-9-15(14)25-11)10-16(22)20-13-7-3-2-6-12(13)17(19)23/h2-9,11H,10H2,1H3,(H2,19,23)(H,20,22). The molecule has 3 N–H and O–H groups in total. The van der Waals surface area contributed by atoms with E-state index >= 15 is 0 Å². The molecule has 1 heterocycles. The fraction of sp³-hybridized carbons (Fsp3) is 0.167. The zero-order valence-electron chi connectivity index (χ0n) is 13.6. The molecule has 1 aliphatic heterocycles. The van der Waals surface area contributed by atoms with Crippen molar-refractivity contribution in [3.8, 4) is 5.75 Å². The zero-order chi connectivity index (χ0) is 18.0. The Morgan fingerprint density at radius 2 is 1.84 bits per heavy atom. The SMILES string of the molecule is CC1Oc2ccccc2N(CC(=O)Nc2ccccc2C(N)=O)C1=O. The van der Waals surface area contributed by atoms with E-state index in [0.717, 1.165) is 0 Å². The number of hydrogen-bond acceptors (Lipinski definition) is 4. The first-order valence-electron chi connectivity index (χ1n) is 7.73. The van der Waals surface area contributed by atoms with Gasteiger partial charge in [-0.25, -0.2) is 0 Å². The van der Waals surface area contributed by atoms with Crippen molar-refractivity contribution < 1.29 is 19.1 Å². The number of carbonyl (C=O) groups is 3. The second kappa shape index (κ2) is 6.64. The van der Waals surface area contributed by atoms with Crippen molar-refractivity contribution >= 4 is 29.1 Å². The van der Waals surface area contributed by atoms with Gasteiger partial charge in [0.15, 0.2) is 6.10 Å². The minimum absolute atomic E-state index is 0.198. The second-order valence-corrected chi connectivity index (χ2v) is 5.61. The molecule has 0 spiro atoms. The number of nitrogens with one attached hydrogen (secondary N) is 1. The van der Waals surface area contributed by atoms with Crippen molar-refractivity contribution in [2.45, 2.75) is 13.0 Å². The van der Waals surface area contributed by atoms with Crippen LogP contribution in [-0.4, -0.2) is 30.4 Å². The Hall–Kier alpha value is -3.35. The number of primary amides is 1. The number of carbonyl (C=O) groups excluding carboxylic acids is 3. The van der Waals surface area contributed by atoms with Crippen LogP contribution in [0.25, 0.3) is 0 Å². The lowest BCUT2D eigenvalue weighted by Crippen LogP contribution is -2.47. The van der Waals surface area contributed by atoms with E-state index in [2.05, 4.69) is 5.32 Å². The number of nitrogens with two attached hydrogens (primary N) is 1. The summed E-state index contributed by atoms with van der Waals surface area (Å²) in [6.45, 7) is 1.43. The monoisotopic (exact) mass is 339 g/mol. The number of anilines is 2. The maximum atomic E-state index is 12.4. The molecule has 3 rings (SSSR count). The van der Waals surface area contributed by atoms with Gasteiger partial charge in [-0.05, 0) is 31.2 Å². The summed E-state index contributed by atoms with van der Waals surface area (Å²) >= 11 is 0. The van der Waals surface area contributed by atoms with Gasteiger partial charge in [0.05, 0.1) is 16.9 Å². The van der Waals surface area contributed by atoms with Crippen LogP contribution in [0.1, 0.15) is 17.3 Å². The average molecular weight is 339 g/mol. The van der Waals surface area contributed by atoms with Crippen LogP contribution in [0.2, 0.25) is 0 Å². The van der Waals surface area contributed by atoms with E-state index in [-0.39, 0.29) is 18.0 Å². The number of rotatable bonds is 4. The first kappa shape index (κ1) is 16.5. The Morgan fingerprint density at radius 1 is 1.16 bits per heavy atom. The van der Waals surface area contributed by atoms with Crippen molar-refractivity contribution in [1.29, 1.82) is 0 Å². The molecule has 2 aromatic rings. The Bertz CT molecular complexity index is 850. The molecule has 1 atom stereocenters. The van der Waals surface area contributed by atoms with Crippen molar-refractivity contribution in [2.24, 2.45) is 5.73 Å². The van der Waals surface area contributed by atoms with E-state index in [4.69, 9.17) is 10.5 Å². The quantitative estimate of drug-likeness (QED) is 0.882. The highest BCUT2D eigenvalue weighted by molar-refractivity contribution is 6.08. The minimum Gasteiger partial charge on any atom is -0.479 e. The molecule has 0 saturated carbocycles. The van der Waals surface area contributed by atoms with Crippen LogP contribution in [0, 0.1) is 0 Å². The number of para-hydroxylation sites is 3. The second-order valence-electron chi connectivity index (χ2n) is 5.61. The van der Waals surface area contributed by atoms with Gasteiger partial charge in [-0.1, -0.05) is 24.3 Å². The van der Waals surface area contributed by atoms with Crippen LogP contribution in [0.5, 0.6) is 5.75 Å². The van der Waals surface area contributed by atoms with Crippen molar-refractivity contribution in [2.75, 3.05) is 16.8 Å². The Kier molecular flexibility index (Phi) is 4.38. The lowest BCUT2D eigenvalue weighted by molar-refractivity contribution is -0.127. The smallest absolute Gasteiger partial charge is 0.268 e. The number of hydrogen-bond donors (Lipinski definition) is 2. The summed E-state index contributed by atoms with van der Waals surface area (Å²) < 4.78 is 5.54. The van der Waals surface area contributed by atoms with Crippen molar-refractivity contribution in [3.63, 3.8) is 0 Å². The normalized spacial score (nSPS) is 16.0. The molecule has 3 amide bonds. The van der Waals surface area contributed by atoms with Gasteiger partial charge in [0, 0.05) is 0 Å². The van der Waals surface area contributed by atoms with Crippen molar-refractivity contribution in [1.82, 2.24) is 0 Å². The summed E-state index contributed by atoms with van der Waals surface area (Å²) in [7, 11) is 0. The topological polar surface area (TPSA) is 102 Å². The molecular weight excluding hydrogens is 322 g/mol. The molecule has 0 aliphatic carbocycles. The predicted octanol–water partition coefficient (Wildman–Crippen LogP) is 1.54. The molecule has 1 unspecified atom stereocenters. The van der Waals surface area contributed by atoms with Gasteiger partial charge in [-0.3, -0.25) is 19.3 Å². The van der Waals surface area contributed by atoms with E-state index in [1.165, 1.54) is 11.0 Å². The first-order chi connectivity index (χ1) is 12.0. The highest BCUT2D eigenvalue weighted by Gasteiger charge is 2.32. The zero-order valence-corrected chi connectivity index (χ0v) is 13.6. The van der Waals surface area contributed by atoms with E-state index < -0.39 is 17.9 Å². The maximum Gasteiger partial charge on any atom is 0.268 e. The van der Waals surface area contributed by atoms with Crippen LogP contribution in [-0.2, 0) is 9.59 Å². The highest BCUT2D eigenvalue weighted by atomic mass is 16.5. The summed E-state index contributed by atoms with van der Waals surface area (Å²) in [5, 5.41) is 2.63. The number of amides is 3. The van der Waals surface area contributed by atoms with Gasteiger partial charge in [-0.15, -0.1) is 0 Å². The molecule has 0 saturated heterocycles. The Balaban J connectivity index is 1.82. The van der Waals surface area contributed by atoms with Gasteiger partial charge in [0.1, 0.15) is 12.3 Å². The fourth-order valence-electron chi connectivity index (χ4n) is 2.66. The highest BCUT2D eigenvalue weighted by Crippen LogP contribution is 2.33. The lowest BCUT2D eigenvalue weighted by atomic mass is 10.1.